The van der Waals surface area contributed by atoms with E-state index in [9.17, 15) is 4.79 Å². The van der Waals surface area contributed by atoms with Gasteiger partial charge in [0, 0.05) is 25.1 Å². The fraction of sp³-hybridized carbons (Fsp3) is 0.538. The molecule has 0 fully saturated rings. The van der Waals surface area contributed by atoms with Gasteiger partial charge in [-0.2, -0.15) is 11.8 Å². The summed E-state index contributed by atoms with van der Waals surface area (Å²) in [5, 5.41) is 11.8. The molecule has 0 saturated heterocycles. The van der Waals surface area contributed by atoms with Crippen LogP contribution in [0.15, 0.2) is 18.3 Å². The van der Waals surface area contributed by atoms with Gasteiger partial charge in [-0.15, -0.1) is 0 Å². The lowest BCUT2D eigenvalue weighted by molar-refractivity contribution is 0.0527. The highest BCUT2D eigenvalue weighted by molar-refractivity contribution is 7.99. The Kier molecular flexibility index (Phi) is 8.00. The molecule has 0 radical (unpaired) electrons. The summed E-state index contributed by atoms with van der Waals surface area (Å²) in [6.07, 6.45) is 2.45. The average Bonchev–Trinajstić information content (AvgIpc) is 2.43. The van der Waals surface area contributed by atoms with E-state index in [1.165, 1.54) is 0 Å². The first-order valence-electron chi connectivity index (χ1n) is 6.34. The minimum atomic E-state index is -0.356. The van der Waals surface area contributed by atoms with Gasteiger partial charge in [0.2, 0.25) is 0 Å². The number of aliphatic hydroxyl groups is 1. The van der Waals surface area contributed by atoms with E-state index in [0.717, 1.165) is 24.5 Å². The molecule has 1 aromatic rings. The van der Waals surface area contributed by atoms with E-state index in [-0.39, 0.29) is 12.6 Å². The monoisotopic (exact) mass is 284 g/mol. The Morgan fingerprint density at radius 3 is 3.11 bits per heavy atom. The summed E-state index contributed by atoms with van der Waals surface area (Å²) in [6, 6.07) is 3.42. The first kappa shape index (κ1) is 15.8. The van der Waals surface area contributed by atoms with Crippen LogP contribution < -0.4 is 5.32 Å². The number of nitrogens with one attached hydrogen (secondary N) is 1. The van der Waals surface area contributed by atoms with Crippen LogP contribution in [0, 0.1) is 0 Å². The normalized spacial score (nSPS) is 10.2. The maximum atomic E-state index is 11.7. The van der Waals surface area contributed by atoms with Gasteiger partial charge in [0.05, 0.1) is 6.61 Å². The third kappa shape index (κ3) is 5.94. The van der Waals surface area contributed by atoms with Crippen molar-refractivity contribution in [2.24, 2.45) is 0 Å². The van der Waals surface area contributed by atoms with Gasteiger partial charge >= 0.3 is 5.97 Å². The molecular formula is C13H20N2O3S. The number of aromatic nitrogens is 1. The molecule has 0 aliphatic carbocycles. The molecular weight excluding hydrogens is 264 g/mol. The zero-order valence-electron chi connectivity index (χ0n) is 11.1. The first-order chi connectivity index (χ1) is 9.29. The van der Waals surface area contributed by atoms with Crippen molar-refractivity contribution in [1.82, 2.24) is 4.98 Å². The molecule has 1 rings (SSSR count). The Morgan fingerprint density at radius 2 is 2.37 bits per heavy atom. The predicted molar refractivity (Wildman–Crippen MR) is 77.7 cm³/mol. The SMILES string of the molecule is CCOC(=O)c1cccnc1NCCSCCCO. The van der Waals surface area contributed by atoms with Crippen LogP contribution in [0.25, 0.3) is 0 Å². The average molecular weight is 284 g/mol. The summed E-state index contributed by atoms with van der Waals surface area (Å²) < 4.78 is 4.98. The summed E-state index contributed by atoms with van der Waals surface area (Å²) in [6.45, 7) is 3.08. The first-order valence-corrected chi connectivity index (χ1v) is 7.49. The summed E-state index contributed by atoms with van der Waals surface area (Å²) in [5.41, 5.74) is 0.463. The molecule has 0 unspecified atom stereocenters. The minimum Gasteiger partial charge on any atom is -0.462 e. The fourth-order valence-electron chi connectivity index (χ4n) is 1.43. The van der Waals surface area contributed by atoms with Crippen molar-refractivity contribution in [1.29, 1.82) is 0 Å². The number of thioether (sulfide) groups is 1. The van der Waals surface area contributed by atoms with E-state index in [4.69, 9.17) is 9.84 Å². The van der Waals surface area contributed by atoms with E-state index >= 15 is 0 Å². The van der Waals surface area contributed by atoms with Gasteiger partial charge in [-0.25, -0.2) is 9.78 Å². The molecule has 0 saturated carbocycles. The Bertz CT molecular complexity index is 388. The van der Waals surface area contributed by atoms with Crippen molar-refractivity contribution in [3.8, 4) is 0 Å². The van der Waals surface area contributed by atoms with Crippen LogP contribution in [0.1, 0.15) is 23.7 Å². The van der Waals surface area contributed by atoms with E-state index in [1.807, 2.05) is 0 Å². The van der Waals surface area contributed by atoms with Crippen molar-refractivity contribution in [3.63, 3.8) is 0 Å². The lowest BCUT2D eigenvalue weighted by atomic mass is 10.2. The third-order valence-electron chi connectivity index (χ3n) is 2.29. The largest absolute Gasteiger partial charge is 0.462 e. The van der Waals surface area contributed by atoms with Crippen LogP contribution in [0.2, 0.25) is 0 Å². The highest BCUT2D eigenvalue weighted by Gasteiger charge is 2.12. The lowest BCUT2D eigenvalue weighted by Gasteiger charge is -2.09. The molecule has 0 amide bonds. The quantitative estimate of drug-likeness (QED) is 0.532. The Balaban J connectivity index is 2.42. The number of hydrogen-bond donors (Lipinski definition) is 2. The van der Waals surface area contributed by atoms with Gasteiger partial charge in [-0.05, 0) is 31.2 Å². The molecule has 0 bridgehead atoms. The van der Waals surface area contributed by atoms with Crippen molar-refractivity contribution in [2.75, 3.05) is 36.6 Å². The molecule has 19 heavy (non-hydrogen) atoms. The van der Waals surface area contributed by atoms with Crippen LogP contribution in [0.4, 0.5) is 5.82 Å². The summed E-state index contributed by atoms with van der Waals surface area (Å²) in [5.74, 6) is 2.04. The van der Waals surface area contributed by atoms with Crippen LogP contribution in [0.5, 0.6) is 0 Å². The van der Waals surface area contributed by atoms with Crippen molar-refractivity contribution >= 4 is 23.5 Å². The van der Waals surface area contributed by atoms with Crippen LogP contribution in [0.3, 0.4) is 0 Å². The zero-order chi connectivity index (χ0) is 13.9. The van der Waals surface area contributed by atoms with Crippen molar-refractivity contribution in [2.45, 2.75) is 13.3 Å². The van der Waals surface area contributed by atoms with E-state index in [0.29, 0.717) is 18.0 Å². The second kappa shape index (κ2) is 9.63. The maximum Gasteiger partial charge on any atom is 0.341 e. The van der Waals surface area contributed by atoms with Gasteiger partial charge in [0.1, 0.15) is 11.4 Å². The number of aliphatic hydroxyl groups excluding tert-OH is 1. The van der Waals surface area contributed by atoms with Gasteiger partial charge in [-0.1, -0.05) is 0 Å². The minimum absolute atomic E-state index is 0.230. The van der Waals surface area contributed by atoms with Crippen molar-refractivity contribution < 1.29 is 14.6 Å². The van der Waals surface area contributed by atoms with Gasteiger partial charge in [0.25, 0.3) is 0 Å². The molecule has 0 aliphatic heterocycles. The molecule has 1 heterocycles. The number of carbonyl (C=O) groups is 1. The lowest BCUT2D eigenvalue weighted by Crippen LogP contribution is -2.13. The van der Waals surface area contributed by atoms with Crippen LogP contribution in [-0.4, -0.2) is 47.3 Å². The molecule has 2 N–H and O–H groups in total. The summed E-state index contributed by atoms with van der Waals surface area (Å²) in [4.78, 5) is 15.9. The number of pyridine rings is 1. The second-order valence-electron chi connectivity index (χ2n) is 3.74. The standard InChI is InChI=1S/C13H20N2O3S/c1-2-18-13(17)11-5-3-6-14-12(11)15-7-10-19-9-4-8-16/h3,5-6,16H,2,4,7-10H2,1H3,(H,14,15). The topological polar surface area (TPSA) is 71.5 Å². The second-order valence-corrected chi connectivity index (χ2v) is 4.96. The number of nitrogens with zero attached hydrogens (tertiary/aromatic N) is 1. The molecule has 1 aromatic heterocycles. The molecule has 106 valence electrons. The van der Waals surface area contributed by atoms with Crippen LogP contribution in [-0.2, 0) is 4.74 Å². The molecule has 0 spiro atoms. The Hall–Kier alpha value is -1.27. The number of anilines is 1. The summed E-state index contributed by atoms with van der Waals surface area (Å²) >= 11 is 1.76. The number of esters is 1. The zero-order valence-corrected chi connectivity index (χ0v) is 11.9. The van der Waals surface area contributed by atoms with Crippen molar-refractivity contribution in [3.05, 3.63) is 23.9 Å². The highest BCUT2D eigenvalue weighted by atomic mass is 32.2. The fourth-order valence-corrected chi connectivity index (χ4v) is 2.21. The van der Waals surface area contributed by atoms with Gasteiger partial charge in [-0.3, -0.25) is 0 Å². The number of rotatable bonds is 9. The maximum absolute atomic E-state index is 11.7. The number of hydrogen-bond acceptors (Lipinski definition) is 6. The summed E-state index contributed by atoms with van der Waals surface area (Å²) in [7, 11) is 0. The number of carbonyl (C=O) groups excluding carboxylic acids is 1. The van der Waals surface area contributed by atoms with E-state index in [1.54, 1.807) is 37.0 Å². The molecule has 6 heteroatoms. The number of ether oxygens (including phenoxy) is 1. The Labute approximate surface area is 117 Å². The van der Waals surface area contributed by atoms with E-state index < -0.39 is 0 Å². The predicted octanol–water partition coefficient (Wildman–Crippen LogP) is 1.79. The highest BCUT2D eigenvalue weighted by Crippen LogP contribution is 2.13. The van der Waals surface area contributed by atoms with Gasteiger partial charge in [0.15, 0.2) is 0 Å². The smallest absolute Gasteiger partial charge is 0.341 e. The molecule has 0 aliphatic rings. The van der Waals surface area contributed by atoms with Gasteiger partial charge < -0.3 is 15.2 Å². The third-order valence-corrected chi connectivity index (χ3v) is 3.36. The molecule has 5 nitrogen and oxygen atoms in total. The van der Waals surface area contributed by atoms with Crippen LogP contribution >= 0.6 is 11.8 Å². The van der Waals surface area contributed by atoms with E-state index in [2.05, 4.69) is 10.3 Å². The molecule has 0 atom stereocenters. The Morgan fingerprint density at radius 1 is 1.53 bits per heavy atom. The molecule has 0 aromatic carbocycles.